The smallest absolute Gasteiger partial charge is 0.305 e. The summed E-state index contributed by atoms with van der Waals surface area (Å²) in [6, 6.07) is 0. The number of amides is 1. The van der Waals surface area contributed by atoms with Crippen molar-refractivity contribution in [1.29, 1.82) is 0 Å². The highest BCUT2D eigenvalue weighted by atomic mass is 16.5. The van der Waals surface area contributed by atoms with Crippen molar-refractivity contribution < 1.29 is 24.2 Å². The summed E-state index contributed by atoms with van der Waals surface area (Å²) >= 11 is 0. The van der Waals surface area contributed by atoms with E-state index < -0.39 is 11.5 Å². The minimum Gasteiger partial charge on any atom is -0.481 e. The van der Waals surface area contributed by atoms with Crippen LogP contribution in [0.2, 0.25) is 0 Å². The zero-order valence-corrected chi connectivity index (χ0v) is 9.91. The van der Waals surface area contributed by atoms with Crippen LogP contribution in [0.1, 0.15) is 20.3 Å². The fourth-order valence-corrected chi connectivity index (χ4v) is 1.14. The van der Waals surface area contributed by atoms with Crippen molar-refractivity contribution in [2.24, 2.45) is 0 Å². The van der Waals surface area contributed by atoms with Crippen molar-refractivity contribution in [3.05, 3.63) is 0 Å². The predicted octanol–water partition coefficient (Wildman–Crippen LogP) is 0.0189. The van der Waals surface area contributed by atoms with E-state index in [1.165, 1.54) is 0 Å². The Hall–Kier alpha value is -1.14. The van der Waals surface area contributed by atoms with E-state index >= 15 is 0 Å². The van der Waals surface area contributed by atoms with Gasteiger partial charge in [-0.15, -0.1) is 0 Å². The number of carbonyl (C=O) groups is 2. The highest BCUT2D eigenvalue weighted by Gasteiger charge is 2.23. The first-order chi connectivity index (χ1) is 7.37. The lowest BCUT2D eigenvalue weighted by Gasteiger charge is -2.24. The Balaban J connectivity index is 3.80. The van der Waals surface area contributed by atoms with E-state index in [1.807, 2.05) is 0 Å². The van der Waals surface area contributed by atoms with Gasteiger partial charge in [0.2, 0.25) is 5.91 Å². The Morgan fingerprint density at radius 1 is 1.31 bits per heavy atom. The summed E-state index contributed by atoms with van der Waals surface area (Å²) in [5, 5.41) is 11.2. The summed E-state index contributed by atoms with van der Waals surface area (Å²) < 4.78 is 9.74. The van der Waals surface area contributed by atoms with Gasteiger partial charge in [0, 0.05) is 12.6 Å². The number of rotatable bonds is 8. The van der Waals surface area contributed by atoms with Gasteiger partial charge in [0.1, 0.15) is 6.61 Å². The van der Waals surface area contributed by atoms with Crippen LogP contribution in [-0.4, -0.2) is 49.5 Å². The Kier molecular flexibility index (Phi) is 6.67. The average Bonchev–Trinajstić information content (AvgIpc) is 2.09. The first kappa shape index (κ1) is 14.9. The molecule has 6 heteroatoms. The van der Waals surface area contributed by atoms with Crippen LogP contribution in [0.5, 0.6) is 0 Å². The standard InChI is InChI=1S/C10H19NO5/c1-10(2,6-9(13)14)11-8(12)7-16-5-4-15-3/h4-7H2,1-3H3,(H,11,12)(H,13,14). The molecule has 0 unspecified atom stereocenters. The summed E-state index contributed by atoms with van der Waals surface area (Å²) in [7, 11) is 1.54. The van der Waals surface area contributed by atoms with E-state index in [0.29, 0.717) is 13.2 Å². The molecule has 0 aliphatic heterocycles. The minimum atomic E-state index is -0.953. The molecule has 0 bridgehead atoms. The average molecular weight is 233 g/mol. The third-order valence-corrected chi connectivity index (χ3v) is 1.74. The van der Waals surface area contributed by atoms with Crippen molar-refractivity contribution in [2.75, 3.05) is 26.9 Å². The van der Waals surface area contributed by atoms with E-state index in [-0.39, 0.29) is 18.9 Å². The molecule has 0 aromatic rings. The molecule has 16 heavy (non-hydrogen) atoms. The van der Waals surface area contributed by atoms with Crippen LogP contribution in [0.15, 0.2) is 0 Å². The minimum absolute atomic E-state index is 0.0909. The molecule has 6 nitrogen and oxygen atoms in total. The molecule has 2 N–H and O–H groups in total. The monoisotopic (exact) mass is 233 g/mol. The maximum atomic E-state index is 11.3. The lowest BCUT2D eigenvalue weighted by molar-refractivity contribution is -0.139. The van der Waals surface area contributed by atoms with E-state index in [9.17, 15) is 9.59 Å². The Morgan fingerprint density at radius 2 is 1.94 bits per heavy atom. The Labute approximate surface area is 94.9 Å². The molecular formula is C10H19NO5. The number of hydrogen-bond donors (Lipinski definition) is 2. The maximum absolute atomic E-state index is 11.3. The van der Waals surface area contributed by atoms with Gasteiger partial charge in [-0.1, -0.05) is 0 Å². The Morgan fingerprint density at radius 3 is 2.44 bits per heavy atom. The van der Waals surface area contributed by atoms with Crippen LogP contribution >= 0.6 is 0 Å². The van der Waals surface area contributed by atoms with Crippen LogP contribution < -0.4 is 5.32 Å². The second-order valence-corrected chi connectivity index (χ2v) is 4.05. The number of nitrogens with one attached hydrogen (secondary N) is 1. The molecule has 0 saturated heterocycles. The van der Waals surface area contributed by atoms with Crippen molar-refractivity contribution >= 4 is 11.9 Å². The third-order valence-electron chi connectivity index (χ3n) is 1.74. The van der Waals surface area contributed by atoms with Gasteiger partial charge in [0.15, 0.2) is 0 Å². The van der Waals surface area contributed by atoms with Crippen LogP contribution in [0, 0.1) is 0 Å². The van der Waals surface area contributed by atoms with E-state index in [0.717, 1.165) is 0 Å². The molecular weight excluding hydrogens is 214 g/mol. The molecule has 0 heterocycles. The maximum Gasteiger partial charge on any atom is 0.305 e. The molecule has 94 valence electrons. The first-order valence-corrected chi connectivity index (χ1v) is 4.97. The quantitative estimate of drug-likeness (QED) is 0.577. The molecule has 0 aromatic heterocycles. The van der Waals surface area contributed by atoms with E-state index in [1.54, 1.807) is 21.0 Å². The van der Waals surface area contributed by atoms with Crippen LogP contribution in [0.3, 0.4) is 0 Å². The van der Waals surface area contributed by atoms with Gasteiger partial charge in [0.05, 0.1) is 19.6 Å². The number of carboxylic acids is 1. The van der Waals surface area contributed by atoms with Gasteiger partial charge in [-0.3, -0.25) is 9.59 Å². The SMILES string of the molecule is COCCOCC(=O)NC(C)(C)CC(=O)O. The predicted molar refractivity (Wildman–Crippen MR) is 57.2 cm³/mol. The normalized spacial score (nSPS) is 11.2. The lowest BCUT2D eigenvalue weighted by atomic mass is 10.0. The van der Waals surface area contributed by atoms with Gasteiger partial charge >= 0.3 is 5.97 Å². The summed E-state index contributed by atoms with van der Waals surface area (Å²) in [5.41, 5.74) is -0.770. The lowest BCUT2D eigenvalue weighted by Crippen LogP contribution is -2.46. The fraction of sp³-hybridized carbons (Fsp3) is 0.800. The molecule has 0 spiro atoms. The number of carboxylic acid groups (broad SMARTS) is 1. The van der Waals surface area contributed by atoms with Gasteiger partial charge in [-0.25, -0.2) is 0 Å². The fourth-order valence-electron chi connectivity index (χ4n) is 1.14. The number of aliphatic carboxylic acids is 1. The van der Waals surface area contributed by atoms with Gasteiger partial charge < -0.3 is 19.9 Å². The molecule has 0 atom stereocenters. The van der Waals surface area contributed by atoms with E-state index in [4.69, 9.17) is 14.6 Å². The molecule has 0 fully saturated rings. The van der Waals surface area contributed by atoms with Gasteiger partial charge in [0.25, 0.3) is 0 Å². The second-order valence-electron chi connectivity index (χ2n) is 4.05. The summed E-state index contributed by atoms with van der Waals surface area (Å²) in [4.78, 5) is 21.8. The topological polar surface area (TPSA) is 84.9 Å². The number of ether oxygens (including phenoxy) is 2. The van der Waals surface area contributed by atoms with Crippen LogP contribution in [-0.2, 0) is 19.1 Å². The molecule has 0 aliphatic carbocycles. The zero-order valence-electron chi connectivity index (χ0n) is 9.91. The molecule has 0 saturated carbocycles. The molecule has 0 aromatic carbocycles. The first-order valence-electron chi connectivity index (χ1n) is 4.97. The number of methoxy groups -OCH3 is 1. The van der Waals surface area contributed by atoms with Crippen LogP contribution in [0.4, 0.5) is 0 Å². The van der Waals surface area contributed by atoms with Crippen molar-refractivity contribution in [2.45, 2.75) is 25.8 Å². The number of carbonyl (C=O) groups excluding carboxylic acids is 1. The van der Waals surface area contributed by atoms with Crippen molar-refractivity contribution in [3.8, 4) is 0 Å². The van der Waals surface area contributed by atoms with Crippen molar-refractivity contribution in [1.82, 2.24) is 5.32 Å². The summed E-state index contributed by atoms with van der Waals surface area (Å²) in [5.74, 6) is -1.28. The number of hydrogen-bond acceptors (Lipinski definition) is 4. The summed E-state index contributed by atoms with van der Waals surface area (Å²) in [6.45, 7) is 3.96. The van der Waals surface area contributed by atoms with Crippen LogP contribution in [0.25, 0.3) is 0 Å². The van der Waals surface area contributed by atoms with Crippen molar-refractivity contribution in [3.63, 3.8) is 0 Å². The molecule has 1 amide bonds. The molecule has 0 aliphatic rings. The van der Waals surface area contributed by atoms with Gasteiger partial charge in [-0.05, 0) is 13.8 Å². The molecule has 0 radical (unpaired) electrons. The Bertz CT molecular complexity index is 239. The largest absolute Gasteiger partial charge is 0.481 e. The second kappa shape index (κ2) is 7.19. The van der Waals surface area contributed by atoms with Gasteiger partial charge in [-0.2, -0.15) is 0 Å². The highest BCUT2D eigenvalue weighted by Crippen LogP contribution is 2.07. The van der Waals surface area contributed by atoms with E-state index in [2.05, 4.69) is 5.32 Å². The summed E-state index contributed by atoms with van der Waals surface area (Å²) in [6.07, 6.45) is -0.128. The third kappa shape index (κ3) is 8.19. The molecule has 0 rings (SSSR count). The zero-order chi connectivity index (χ0) is 12.6. The highest BCUT2D eigenvalue weighted by molar-refractivity contribution is 5.79.